The predicted octanol–water partition coefficient (Wildman–Crippen LogP) is 4.41. The number of benzene rings is 1. The Morgan fingerprint density at radius 1 is 1.15 bits per heavy atom. The molecule has 3 N–H and O–H groups in total. The number of aryl methyl sites for hydroxylation is 2. The van der Waals surface area contributed by atoms with Crippen LogP contribution in [0.1, 0.15) is 20.8 Å². The van der Waals surface area contributed by atoms with Crippen LogP contribution in [-0.4, -0.2) is 5.91 Å². The normalized spacial score (nSPS) is 10.9. The van der Waals surface area contributed by atoms with Crippen LogP contribution in [0.25, 0.3) is 9.40 Å². The number of carbonyl (C=O) groups is 1. The molecule has 0 saturated carbocycles. The van der Waals surface area contributed by atoms with Crippen LogP contribution in [0.3, 0.4) is 0 Å². The predicted molar refractivity (Wildman–Crippen MR) is 88.0 cm³/mol. The van der Waals surface area contributed by atoms with Gasteiger partial charge in [0.25, 0.3) is 5.91 Å². The van der Waals surface area contributed by atoms with Gasteiger partial charge in [0.2, 0.25) is 0 Å². The van der Waals surface area contributed by atoms with Crippen molar-refractivity contribution >= 4 is 49.4 Å². The van der Waals surface area contributed by atoms with Gasteiger partial charge in [0.05, 0.1) is 4.88 Å². The molecule has 0 aliphatic carbocycles. The summed E-state index contributed by atoms with van der Waals surface area (Å²) in [5, 5.41) is 5.03. The van der Waals surface area contributed by atoms with Crippen molar-refractivity contribution in [1.82, 2.24) is 0 Å². The first kappa shape index (κ1) is 13.1. The van der Waals surface area contributed by atoms with E-state index in [-0.39, 0.29) is 5.91 Å². The Morgan fingerprint density at radius 2 is 1.85 bits per heavy atom. The maximum Gasteiger partial charge on any atom is 0.265 e. The molecule has 1 amide bonds. The minimum Gasteiger partial charge on any atom is -0.399 e. The molecule has 0 fully saturated rings. The molecule has 0 aliphatic rings. The van der Waals surface area contributed by atoms with Crippen molar-refractivity contribution in [2.75, 3.05) is 11.1 Å². The number of thiophene rings is 2. The van der Waals surface area contributed by atoms with Crippen molar-refractivity contribution in [1.29, 1.82) is 0 Å². The van der Waals surface area contributed by atoms with E-state index in [4.69, 9.17) is 5.73 Å². The molecular formula is C15H14N2OS2. The fraction of sp³-hybridized carbons (Fsp3) is 0.133. The maximum atomic E-state index is 12.3. The van der Waals surface area contributed by atoms with Gasteiger partial charge in [-0.1, -0.05) is 0 Å². The van der Waals surface area contributed by atoms with Gasteiger partial charge in [-0.25, -0.2) is 0 Å². The first-order valence-electron chi connectivity index (χ1n) is 6.19. The standard InChI is InChI=1S/C15H14N2OS2/c1-8-5-10(16)6-9(2)14(8)17-15(18)13-7-12-11(20-13)3-4-19-12/h3-7H,16H2,1-2H3,(H,17,18). The summed E-state index contributed by atoms with van der Waals surface area (Å²) in [5.41, 5.74) is 9.32. The molecule has 0 bridgehead atoms. The fourth-order valence-corrected chi connectivity index (χ4v) is 4.25. The molecule has 0 radical (unpaired) electrons. The highest BCUT2D eigenvalue weighted by Gasteiger charge is 2.13. The van der Waals surface area contributed by atoms with Crippen molar-refractivity contribution in [3.8, 4) is 0 Å². The molecule has 0 unspecified atom stereocenters. The number of carbonyl (C=O) groups excluding carboxylic acids is 1. The van der Waals surface area contributed by atoms with Crippen molar-refractivity contribution in [2.24, 2.45) is 0 Å². The quantitative estimate of drug-likeness (QED) is 0.689. The molecule has 102 valence electrons. The molecule has 20 heavy (non-hydrogen) atoms. The number of hydrogen-bond donors (Lipinski definition) is 2. The molecule has 0 atom stereocenters. The fourth-order valence-electron chi connectivity index (χ4n) is 2.25. The summed E-state index contributed by atoms with van der Waals surface area (Å²) in [7, 11) is 0. The SMILES string of the molecule is Cc1cc(N)cc(C)c1NC(=O)c1cc2sccc2s1. The van der Waals surface area contributed by atoms with Crippen molar-refractivity contribution in [3.63, 3.8) is 0 Å². The summed E-state index contributed by atoms with van der Waals surface area (Å²) in [4.78, 5) is 13.1. The number of amides is 1. The van der Waals surface area contributed by atoms with E-state index < -0.39 is 0 Å². The largest absolute Gasteiger partial charge is 0.399 e. The van der Waals surface area contributed by atoms with E-state index in [0.717, 1.165) is 36.8 Å². The molecule has 1 aromatic carbocycles. The number of anilines is 2. The zero-order chi connectivity index (χ0) is 14.3. The molecule has 3 nitrogen and oxygen atoms in total. The van der Waals surface area contributed by atoms with Gasteiger partial charge in [0.1, 0.15) is 0 Å². The number of nitrogens with two attached hydrogens (primary N) is 1. The summed E-state index contributed by atoms with van der Waals surface area (Å²) >= 11 is 3.17. The minimum atomic E-state index is -0.0608. The lowest BCUT2D eigenvalue weighted by Crippen LogP contribution is -2.12. The van der Waals surface area contributed by atoms with Gasteiger partial charge in [-0.3, -0.25) is 4.79 Å². The lowest BCUT2D eigenvalue weighted by atomic mass is 10.1. The molecule has 0 spiro atoms. The van der Waals surface area contributed by atoms with E-state index in [2.05, 4.69) is 5.32 Å². The number of nitrogens with one attached hydrogen (secondary N) is 1. The highest BCUT2D eigenvalue weighted by atomic mass is 32.1. The second-order valence-electron chi connectivity index (χ2n) is 4.74. The van der Waals surface area contributed by atoms with Crippen molar-refractivity contribution < 1.29 is 4.79 Å². The Balaban J connectivity index is 1.91. The van der Waals surface area contributed by atoms with Crippen LogP contribution in [-0.2, 0) is 0 Å². The van der Waals surface area contributed by atoms with Gasteiger partial charge >= 0.3 is 0 Å². The number of rotatable bonds is 2. The summed E-state index contributed by atoms with van der Waals surface area (Å²) in [6.07, 6.45) is 0. The van der Waals surface area contributed by atoms with E-state index in [1.165, 1.54) is 11.3 Å². The molecule has 3 aromatic rings. The van der Waals surface area contributed by atoms with Crippen LogP contribution in [0.4, 0.5) is 11.4 Å². The molecule has 5 heteroatoms. The first-order chi connectivity index (χ1) is 9.54. The summed E-state index contributed by atoms with van der Waals surface area (Å²) in [6, 6.07) is 7.73. The van der Waals surface area contributed by atoms with Gasteiger partial charge in [-0.2, -0.15) is 0 Å². The number of hydrogen-bond acceptors (Lipinski definition) is 4. The molecule has 0 saturated heterocycles. The number of fused-ring (bicyclic) bond motifs is 1. The Labute approximate surface area is 125 Å². The van der Waals surface area contributed by atoms with Gasteiger partial charge < -0.3 is 11.1 Å². The average Bonchev–Trinajstić information content (AvgIpc) is 2.93. The van der Waals surface area contributed by atoms with Gasteiger partial charge in [-0.05, 0) is 54.6 Å². The van der Waals surface area contributed by atoms with Crippen LogP contribution in [0.2, 0.25) is 0 Å². The Bertz CT molecular complexity index is 750. The second-order valence-corrected chi connectivity index (χ2v) is 6.78. The summed E-state index contributed by atoms with van der Waals surface area (Å²) < 4.78 is 2.32. The zero-order valence-electron chi connectivity index (χ0n) is 11.2. The molecular weight excluding hydrogens is 288 g/mol. The molecule has 3 rings (SSSR count). The van der Waals surface area contributed by atoms with E-state index in [9.17, 15) is 4.79 Å². The third kappa shape index (κ3) is 2.30. The van der Waals surface area contributed by atoms with E-state index in [0.29, 0.717) is 0 Å². The smallest absolute Gasteiger partial charge is 0.265 e. The van der Waals surface area contributed by atoms with Gasteiger partial charge in [0.15, 0.2) is 0 Å². The minimum absolute atomic E-state index is 0.0608. The first-order valence-corrected chi connectivity index (χ1v) is 7.89. The lowest BCUT2D eigenvalue weighted by Gasteiger charge is -2.11. The lowest BCUT2D eigenvalue weighted by molar-refractivity contribution is 0.103. The van der Waals surface area contributed by atoms with Crippen LogP contribution in [0, 0.1) is 13.8 Å². The monoisotopic (exact) mass is 302 g/mol. The second kappa shape index (κ2) is 4.92. The van der Waals surface area contributed by atoms with Crippen molar-refractivity contribution in [3.05, 3.63) is 45.6 Å². The Morgan fingerprint density at radius 3 is 2.50 bits per heavy atom. The van der Waals surface area contributed by atoms with E-state index >= 15 is 0 Å². The average molecular weight is 302 g/mol. The Hall–Kier alpha value is -1.85. The Kier molecular flexibility index (Phi) is 3.23. The molecule has 2 heterocycles. The van der Waals surface area contributed by atoms with Crippen LogP contribution < -0.4 is 11.1 Å². The zero-order valence-corrected chi connectivity index (χ0v) is 12.8. The van der Waals surface area contributed by atoms with E-state index in [1.54, 1.807) is 11.3 Å². The number of nitrogen functional groups attached to an aromatic ring is 1. The molecule has 2 aromatic heterocycles. The van der Waals surface area contributed by atoms with E-state index in [1.807, 2.05) is 43.5 Å². The van der Waals surface area contributed by atoms with Crippen LogP contribution >= 0.6 is 22.7 Å². The maximum absolute atomic E-state index is 12.3. The third-order valence-electron chi connectivity index (χ3n) is 3.16. The van der Waals surface area contributed by atoms with Crippen molar-refractivity contribution in [2.45, 2.75) is 13.8 Å². The van der Waals surface area contributed by atoms with Crippen LogP contribution in [0.5, 0.6) is 0 Å². The van der Waals surface area contributed by atoms with Gasteiger partial charge in [-0.15, -0.1) is 22.7 Å². The highest BCUT2D eigenvalue weighted by Crippen LogP contribution is 2.31. The third-order valence-corrected chi connectivity index (χ3v) is 5.25. The van der Waals surface area contributed by atoms with Crippen LogP contribution in [0.15, 0.2) is 29.6 Å². The summed E-state index contributed by atoms with van der Waals surface area (Å²) in [5.74, 6) is -0.0608. The van der Waals surface area contributed by atoms with Gasteiger partial charge in [0, 0.05) is 20.8 Å². The highest BCUT2D eigenvalue weighted by molar-refractivity contribution is 7.27. The molecule has 0 aliphatic heterocycles. The topological polar surface area (TPSA) is 55.1 Å². The summed E-state index contributed by atoms with van der Waals surface area (Å²) in [6.45, 7) is 3.90.